The highest BCUT2D eigenvalue weighted by molar-refractivity contribution is 5.89. The molecule has 1 aromatic carbocycles. The number of ether oxygens (including phenoxy) is 5. The molecule has 0 saturated carbocycles. The standard InChI is InChI=1S/C20H28O13/c1-29-18(28)8-2-4-9(5-3-8)30-19-16(27)14(25)17(11(7-22)32-19)33-20-15(26)13(24)12(23)10(6-21)31-20/h2-5,10-17,19-27H,6-7H2,1H3/t10-,11-,12+,13+,14-,15-,16-,17-,19-,20+/m1/s1. The topological polar surface area (TPSA) is 205 Å². The minimum atomic E-state index is -1.76. The zero-order chi connectivity index (χ0) is 24.3. The van der Waals surface area contributed by atoms with E-state index in [9.17, 15) is 40.5 Å². The van der Waals surface area contributed by atoms with E-state index < -0.39 is 80.6 Å². The molecule has 0 radical (unpaired) electrons. The van der Waals surface area contributed by atoms with E-state index in [4.69, 9.17) is 18.9 Å². The summed E-state index contributed by atoms with van der Waals surface area (Å²) >= 11 is 0. The quantitative estimate of drug-likeness (QED) is 0.191. The maximum absolute atomic E-state index is 11.5. The predicted molar refractivity (Wildman–Crippen MR) is 105 cm³/mol. The lowest BCUT2D eigenvalue weighted by Gasteiger charge is -2.45. The zero-order valence-electron chi connectivity index (χ0n) is 17.6. The number of rotatable bonds is 7. The van der Waals surface area contributed by atoms with Crippen LogP contribution in [0.25, 0.3) is 0 Å². The van der Waals surface area contributed by atoms with E-state index in [2.05, 4.69) is 4.74 Å². The van der Waals surface area contributed by atoms with Crippen LogP contribution in [0, 0.1) is 0 Å². The summed E-state index contributed by atoms with van der Waals surface area (Å²) in [6.07, 6.45) is -15.5. The summed E-state index contributed by atoms with van der Waals surface area (Å²) in [7, 11) is 1.23. The molecule has 1 aromatic rings. The van der Waals surface area contributed by atoms with Gasteiger partial charge in [0, 0.05) is 0 Å². The Balaban J connectivity index is 1.69. The van der Waals surface area contributed by atoms with E-state index in [1.165, 1.54) is 31.4 Å². The van der Waals surface area contributed by atoms with E-state index in [1.807, 2.05) is 0 Å². The number of benzene rings is 1. The highest BCUT2D eigenvalue weighted by Gasteiger charge is 2.51. The van der Waals surface area contributed by atoms with Crippen molar-refractivity contribution < 1.29 is 64.2 Å². The fraction of sp³-hybridized carbons (Fsp3) is 0.650. The molecule has 0 aliphatic carbocycles. The van der Waals surface area contributed by atoms with Gasteiger partial charge in [-0.15, -0.1) is 0 Å². The molecule has 2 aliphatic rings. The fourth-order valence-electron chi connectivity index (χ4n) is 3.57. The molecule has 2 aliphatic heterocycles. The van der Waals surface area contributed by atoms with Crippen molar-refractivity contribution in [3.05, 3.63) is 29.8 Å². The van der Waals surface area contributed by atoms with Crippen LogP contribution in [0.1, 0.15) is 10.4 Å². The van der Waals surface area contributed by atoms with Crippen LogP contribution in [-0.2, 0) is 18.9 Å². The minimum absolute atomic E-state index is 0.184. The normalized spacial score (nSPS) is 39.2. The van der Waals surface area contributed by atoms with Crippen molar-refractivity contribution in [1.82, 2.24) is 0 Å². The molecule has 0 aromatic heterocycles. The third-order valence-corrected chi connectivity index (χ3v) is 5.49. The van der Waals surface area contributed by atoms with Gasteiger partial charge in [-0.25, -0.2) is 4.79 Å². The van der Waals surface area contributed by atoms with Crippen LogP contribution in [0.2, 0.25) is 0 Å². The van der Waals surface area contributed by atoms with Crippen LogP contribution in [0.3, 0.4) is 0 Å². The van der Waals surface area contributed by atoms with Crippen LogP contribution in [0.5, 0.6) is 5.75 Å². The van der Waals surface area contributed by atoms with Gasteiger partial charge in [-0.05, 0) is 24.3 Å². The van der Waals surface area contributed by atoms with Crippen molar-refractivity contribution in [1.29, 1.82) is 0 Å². The number of aliphatic hydroxyl groups excluding tert-OH is 7. The average Bonchev–Trinajstić information content (AvgIpc) is 2.83. The van der Waals surface area contributed by atoms with Crippen LogP contribution in [0.15, 0.2) is 24.3 Å². The van der Waals surface area contributed by atoms with Crippen LogP contribution in [0.4, 0.5) is 0 Å². The van der Waals surface area contributed by atoms with Crippen molar-refractivity contribution in [3.63, 3.8) is 0 Å². The number of carbonyl (C=O) groups is 1. The van der Waals surface area contributed by atoms with Gasteiger partial charge >= 0.3 is 5.97 Å². The van der Waals surface area contributed by atoms with Crippen molar-refractivity contribution in [3.8, 4) is 5.75 Å². The van der Waals surface area contributed by atoms with E-state index >= 15 is 0 Å². The van der Waals surface area contributed by atoms with Crippen LogP contribution >= 0.6 is 0 Å². The Hall–Kier alpha value is -1.91. The summed E-state index contributed by atoms with van der Waals surface area (Å²) in [5.41, 5.74) is 0.260. The van der Waals surface area contributed by atoms with Crippen molar-refractivity contribution in [2.24, 2.45) is 0 Å². The Kier molecular flexibility index (Phi) is 8.58. The van der Waals surface area contributed by atoms with Gasteiger partial charge in [0.05, 0.1) is 25.9 Å². The first-order valence-electron chi connectivity index (χ1n) is 10.1. The summed E-state index contributed by atoms with van der Waals surface area (Å²) in [5.74, 6) is -0.372. The van der Waals surface area contributed by atoms with Gasteiger partial charge in [0.25, 0.3) is 0 Å². The molecular formula is C20H28O13. The van der Waals surface area contributed by atoms with Gasteiger partial charge in [-0.3, -0.25) is 0 Å². The second-order valence-corrected chi connectivity index (χ2v) is 7.64. The average molecular weight is 476 g/mol. The second-order valence-electron chi connectivity index (χ2n) is 7.64. The van der Waals surface area contributed by atoms with Crippen molar-refractivity contribution >= 4 is 5.97 Å². The Labute approximate surface area is 188 Å². The van der Waals surface area contributed by atoms with E-state index in [1.54, 1.807) is 0 Å². The lowest BCUT2D eigenvalue weighted by atomic mass is 9.97. The molecule has 0 spiro atoms. The molecule has 7 N–H and O–H groups in total. The summed E-state index contributed by atoms with van der Waals surface area (Å²) in [5, 5.41) is 70.0. The number of hydrogen-bond acceptors (Lipinski definition) is 13. The number of hydrogen-bond donors (Lipinski definition) is 7. The molecule has 2 heterocycles. The molecular weight excluding hydrogens is 448 g/mol. The van der Waals surface area contributed by atoms with Crippen LogP contribution < -0.4 is 4.74 Å². The van der Waals surface area contributed by atoms with Crippen molar-refractivity contribution in [2.75, 3.05) is 20.3 Å². The molecule has 13 nitrogen and oxygen atoms in total. The Morgan fingerprint density at radius 2 is 1.39 bits per heavy atom. The zero-order valence-corrected chi connectivity index (χ0v) is 17.6. The summed E-state index contributed by atoms with van der Waals surface area (Å²) in [6.45, 7) is -1.38. The molecule has 3 rings (SSSR count). The molecule has 33 heavy (non-hydrogen) atoms. The Bertz CT molecular complexity index is 770. The summed E-state index contributed by atoms with van der Waals surface area (Å²) in [4.78, 5) is 11.5. The number of methoxy groups -OCH3 is 1. The molecule has 2 saturated heterocycles. The fourth-order valence-corrected chi connectivity index (χ4v) is 3.57. The minimum Gasteiger partial charge on any atom is -0.465 e. The Morgan fingerprint density at radius 1 is 0.818 bits per heavy atom. The first kappa shape index (κ1) is 25.7. The maximum atomic E-state index is 11.5. The van der Waals surface area contributed by atoms with Gasteiger partial charge in [0.15, 0.2) is 6.29 Å². The molecule has 13 heteroatoms. The molecule has 0 unspecified atom stereocenters. The largest absolute Gasteiger partial charge is 0.465 e. The highest BCUT2D eigenvalue weighted by atomic mass is 16.7. The first-order valence-corrected chi connectivity index (χ1v) is 10.1. The number of esters is 1. The molecule has 0 amide bonds. The van der Waals surface area contributed by atoms with E-state index in [0.29, 0.717) is 0 Å². The smallest absolute Gasteiger partial charge is 0.337 e. The van der Waals surface area contributed by atoms with E-state index in [0.717, 1.165) is 0 Å². The van der Waals surface area contributed by atoms with Gasteiger partial charge < -0.3 is 59.4 Å². The van der Waals surface area contributed by atoms with Crippen molar-refractivity contribution in [2.45, 2.75) is 61.4 Å². The highest BCUT2D eigenvalue weighted by Crippen LogP contribution is 2.30. The van der Waals surface area contributed by atoms with Gasteiger partial charge in [0.2, 0.25) is 6.29 Å². The molecule has 2 fully saturated rings. The monoisotopic (exact) mass is 476 g/mol. The predicted octanol–water partition coefficient (Wildman–Crippen LogP) is -3.52. The third kappa shape index (κ3) is 5.44. The molecule has 0 bridgehead atoms. The van der Waals surface area contributed by atoms with Gasteiger partial charge in [-0.2, -0.15) is 0 Å². The first-order chi connectivity index (χ1) is 15.7. The summed E-state index contributed by atoms with van der Waals surface area (Å²) < 4.78 is 26.4. The Morgan fingerprint density at radius 3 is 1.97 bits per heavy atom. The lowest BCUT2D eigenvalue weighted by molar-refractivity contribution is -0.352. The van der Waals surface area contributed by atoms with Gasteiger partial charge in [0.1, 0.15) is 54.6 Å². The maximum Gasteiger partial charge on any atom is 0.337 e. The van der Waals surface area contributed by atoms with Crippen LogP contribution in [-0.4, -0.2) is 123 Å². The molecule has 186 valence electrons. The third-order valence-electron chi connectivity index (χ3n) is 5.49. The SMILES string of the molecule is COC(=O)c1ccc(O[C@@H]2O[C@H](CO)[C@@H](O[C@@H]3O[C@H](CO)[C@H](O)[C@H](O)[C@H]3O)[C@H](O)[C@H]2O)cc1. The number of carbonyl (C=O) groups excluding carboxylic acids is 1. The lowest BCUT2D eigenvalue weighted by Crippen LogP contribution is -2.65. The number of aliphatic hydroxyl groups is 7. The van der Waals surface area contributed by atoms with Gasteiger partial charge in [-0.1, -0.05) is 0 Å². The molecule has 10 atom stereocenters. The summed E-state index contributed by atoms with van der Waals surface area (Å²) in [6, 6.07) is 5.67. The van der Waals surface area contributed by atoms with E-state index in [-0.39, 0.29) is 11.3 Å². The second kappa shape index (κ2) is 11.0.